The molecule has 1 N–H and O–H groups in total. The van der Waals surface area contributed by atoms with Crippen LogP contribution in [0, 0.1) is 15.9 Å². The van der Waals surface area contributed by atoms with E-state index in [0.29, 0.717) is 5.56 Å². The summed E-state index contributed by atoms with van der Waals surface area (Å²) in [5, 5.41) is 14.3. The predicted molar refractivity (Wildman–Crippen MR) is 84.9 cm³/mol. The molecule has 0 aromatic heterocycles. The van der Waals surface area contributed by atoms with E-state index in [-0.39, 0.29) is 36.5 Å². The van der Waals surface area contributed by atoms with Gasteiger partial charge in [-0.05, 0) is 12.1 Å². The fraction of sp³-hybridized carbons (Fsp3) is 0.385. The molecule has 0 saturated carbocycles. The molecule has 118 valence electrons. The second-order valence-corrected chi connectivity index (χ2v) is 4.43. The number of hydrogen-bond donors (Lipinski definition) is 1. The summed E-state index contributed by atoms with van der Waals surface area (Å²) >= 11 is 0. The lowest BCUT2D eigenvalue weighted by Gasteiger charge is -2.33. The van der Waals surface area contributed by atoms with Gasteiger partial charge in [0, 0.05) is 32.2 Å². The molecule has 2 rings (SSSR count). The maximum absolute atomic E-state index is 13.4. The molecule has 0 spiro atoms. The number of benzene rings is 1. The van der Waals surface area contributed by atoms with Crippen LogP contribution >= 0.6 is 24.8 Å². The zero-order chi connectivity index (χ0) is 13.8. The zero-order valence-corrected chi connectivity index (χ0v) is 13.0. The third-order valence-corrected chi connectivity index (χ3v) is 3.27. The van der Waals surface area contributed by atoms with Crippen LogP contribution in [0.1, 0.15) is 11.6 Å². The van der Waals surface area contributed by atoms with Crippen LogP contribution in [0.2, 0.25) is 0 Å². The molecule has 1 aliphatic heterocycles. The van der Waals surface area contributed by atoms with Crippen molar-refractivity contribution in [3.05, 3.63) is 52.3 Å². The Labute approximate surface area is 135 Å². The first-order valence-electron chi connectivity index (χ1n) is 6.14. The minimum absolute atomic E-state index is 0. The van der Waals surface area contributed by atoms with Gasteiger partial charge in [-0.15, -0.1) is 31.4 Å². The van der Waals surface area contributed by atoms with E-state index in [2.05, 4.69) is 16.8 Å². The molecule has 21 heavy (non-hydrogen) atoms. The summed E-state index contributed by atoms with van der Waals surface area (Å²) in [7, 11) is 0. The van der Waals surface area contributed by atoms with Crippen molar-refractivity contribution in [3.63, 3.8) is 0 Å². The molecule has 1 saturated heterocycles. The van der Waals surface area contributed by atoms with Crippen LogP contribution in [0.4, 0.5) is 10.1 Å². The van der Waals surface area contributed by atoms with Crippen LogP contribution in [0.5, 0.6) is 0 Å². The van der Waals surface area contributed by atoms with Gasteiger partial charge >= 0.3 is 0 Å². The molecule has 0 amide bonds. The highest BCUT2D eigenvalue weighted by atomic mass is 35.5. The normalized spacial score (nSPS) is 16.2. The Hall–Kier alpha value is -1.21. The lowest BCUT2D eigenvalue weighted by Crippen LogP contribution is -2.44. The Morgan fingerprint density at radius 3 is 2.52 bits per heavy atom. The number of nitrogens with one attached hydrogen (secondary N) is 1. The van der Waals surface area contributed by atoms with Gasteiger partial charge in [0.25, 0.3) is 5.69 Å². The predicted octanol–water partition coefficient (Wildman–Crippen LogP) is 2.71. The van der Waals surface area contributed by atoms with Gasteiger partial charge in [0.05, 0.1) is 16.5 Å². The van der Waals surface area contributed by atoms with Crippen molar-refractivity contribution in [3.8, 4) is 0 Å². The number of piperazine rings is 1. The second kappa shape index (κ2) is 8.94. The zero-order valence-electron chi connectivity index (χ0n) is 11.3. The highest BCUT2D eigenvalue weighted by Gasteiger charge is 2.26. The minimum atomic E-state index is -0.479. The number of nitro benzene ring substituents is 1. The fourth-order valence-corrected chi connectivity index (χ4v) is 2.36. The first-order valence-corrected chi connectivity index (χ1v) is 6.14. The summed E-state index contributed by atoms with van der Waals surface area (Å²) < 4.78 is 13.4. The molecule has 1 aliphatic rings. The van der Waals surface area contributed by atoms with Crippen molar-refractivity contribution in [1.82, 2.24) is 10.2 Å². The van der Waals surface area contributed by atoms with Crippen molar-refractivity contribution >= 4 is 30.5 Å². The first kappa shape index (κ1) is 19.8. The van der Waals surface area contributed by atoms with E-state index in [4.69, 9.17) is 0 Å². The van der Waals surface area contributed by atoms with Crippen LogP contribution in [-0.4, -0.2) is 36.0 Å². The van der Waals surface area contributed by atoms with Crippen LogP contribution in [0.3, 0.4) is 0 Å². The standard InChI is InChI=1S/C13H16FN3O2.2ClH/c1-2-12(16-7-5-15-6-8-16)11-9-10(14)3-4-13(11)17(18)19;;/h2-4,9,12,15H,1,5-8H2;2*1H/t12-;;/m0../s1. The van der Waals surface area contributed by atoms with Gasteiger partial charge in [0.2, 0.25) is 0 Å². The third-order valence-electron chi connectivity index (χ3n) is 3.27. The molecule has 0 radical (unpaired) electrons. The Kier molecular flexibility index (Phi) is 8.43. The largest absolute Gasteiger partial charge is 0.314 e. The molecule has 8 heteroatoms. The van der Waals surface area contributed by atoms with E-state index in [9.17, 15) is 14.5 Å². The second-order valence-electron chi connectivity index (χ2n) is 4.43. The maximum atomic E-state index is 13.4. The molecule has 0 unspecified atom stereocenters. The molecule has 0 bridgehead atoms. The van der Waals surface area contributed by atoms with E-state index >= 15 is 0 Å². The molecular formula is C13H18Cl2FN3O2. The lowest BCUT2D eigenvalue weighted by molar-refractivity contribution is -0.385. The number of nitro groups is 1. The van der Waals surface area contributed by atoms with Crippen molar-refractivity contribution in [2.75, 3.05) is 26.2 Å². The fourth-order valence-electron chi connectivity index (χ4n) is 2.36. The van der Waals surface area contributed by atoms with Crippen molar-refractivity contribution in [2.45, 2.75) is 6.04 Å². The van der Waals surface area contributed by atoms with Gasteiger partial charge < -0.3 is 5.32 Å². The van der Waals surface area contributed by atoms with Crippen LogP contribution in [0.15, 0.2) is 30.9 Å². The molecular weight excluding hydrogens is 320 g/mol. The highest BCUT2D eigenvalue weighted by molar-refractivity contribution is 5.85. The van der Waals surface area contributed by atoms with Crippen molar-refractivity contribution in [2.24, 2.45) is 0 Å². The average Bonchev–Trinajstić information content (AvgIpc) is 2.40. The van der Waals surface area contributed by atoms with Crippen molar-refractivity contribution < 1.29 is 9.31 Å². The Bertz CT molecular complexity index is 496. The minimum Gasteiger partial charge on any atom is -0.314 e. The summed E-state index contributed by atoms with van der Waals surface area (Å²) in [6, 6.07) is 3.22. The van der Waals surface area contributed by atoms with Crippen LogP contribution in [-0.2, 0) is 0 Å². The van der Waals surface area contributed by atoms with Gasteiger partial charge in [-0.25, -0.2) is 4.39 Å². The van der Waals surface area contributed by atoms with E-state index in [1.54, 1.807) is 6.08 Å². The lowest BCUT2D eigenvalue weighted by atomic mass is 10.0. The molecule has 1 heterocycles. The third kappa shape index (κ3) is 4.64. The number of halogens is 3. The van der Waals surface area contributed by atoms with Gasteiger partial charge in [0.1, 0.15) is 5.82 Å². The first-order chi connectivity index (χ1) is 9.13. The highest BCUT2D eigenvalue weighted by Crippen LogP contribution is 2.31. The summed E-state index contributed by atoms with van der Waals surface area (Å²) in [5.74, 6) is -0.470. The molecule has 1 aromatic rings. The number of rotatable bonds is 4. The maximum Gasteiger partial charge on any atom is 0.274 e. The molecule has 1 atom stereocenters. The van der Waals surface area contributed by atoms with Crippen LogP contribution in [0.25, 0.3) is 0 Å². The Morgan fingerprint density at radius 1 is 1.38 bits per heavy atom. The SMILES string of the molecule is C=C[C@@H](c1cc(F)ccc1[N+](=O)[O-])N1CCNCC1.Cl.Cl. The molecule has 1 fully saturated rings. The smallest absolute Gasteiger partial charge is 0.274 e. The number of hydrogen-bond acceptors (Lipinski definition) is 4. The van der Waals surface area contributed by atoms with Gasteiger partial charge in [-0.1, -0.05) is 6.08 Å². The Morgan fingerprint density at radius 2 is 2.00 bits per heavy atom. The van der Waals surface area contributed by atoms with E-state index in [1.165, 1.54) is 12.1 Å². The van der Waals surface area contributed by atoms with E-state index in [0.717, 1.165) is 32.2 Å². The monoisotopic (exact) mass is 337 g/mol. The topological polar surface area (TPSA) is 58.4 Å². The summed E-state index contributed by atoms with van der Waals surface area (Å²) in [4.78, 5) is 12.6. The van der Waals surface area contributed by atoms with E-state index in [1.807, 2.05) is 0 Å². The molecule has 0 aliphatic carbocycles. The average molecular weight is 338 g/mol. The number of nitrogens with zero attached hydrogens (tertiary/aromatic N) is 2. The Balaban J connectivity index is 0.00000200. The summed E-state index contributed by atoms with van der Waals surface area (Å²) in [6.07, 6.45) is 1.63. The quantitative estimate of drug-likeness (QED) is 0.521. The van der Waals surface area contributed by atoms with Gasteiger partial charge in [-0.3, -0.25) is 15.0 Å². The molecule has 1 aromatic carbocycles. The van der Waals surface area contributed by atoms with Gasteiger partial charge in [0.15, 0.2) is 0 Å². The van der Waals surface area contributed by atoms with Gasteiger partial charge in [-0.2, -0.15) is 0 Å². The van der Waals surface area contributed by atoms with E-state index < -0.39 is 10.7 Å². The van der Waals surface area contributed by atoms with Crippen molar-refractivity contribution in [1.29, 1.82) is 0 Å². The summed E-state index contributed by atoms with van der Waals surface area (Å²) in [5.41, 5.74) is 0.298. The molecule has 5 nitrogen and oxygen atoms in total. The van der Waals surface area contributed by atoms with Crippen LogP contribution < -0.4 is 5.32 Å². The summed E-state index contributed by atoms with van der Waals surface area (Å²) in [6.45, 7) is 6.87.